The van der Waals surface area contributed by atoms with Crippen LogP contribution in [0.2, 0.25) is 0 Å². The highest BCUT2D eigenvalue weighted by atomic mass is 35.5. The summed E-state index contributed by atoms with van der Waals surface area (Å²) in [5.41, 5.74) is 2.19. The van der Waals surface area contributed by atoms with E-state index in [1.54, 1.807) is 18.2 Å². The lowest BCUT2D eigenvalue weighted by Gasteiger charge is -2.07. The van der Waals surface area contributed by atoms with Gasteiger partial charge in [0.15, 0.2) is 11.5 Å². The van der Waals surface area contributed by atoms with E-state index in [0.717, 1.165) is 5.56 Å². The van der Waals surface area contributed by atoms with E-state index < -0.39 is 0 Å². The predicted molar refractivity (Wildman–Crippen MR) is 76.5 cm³/mol. The number of hydrogen-bond acceptors (Lipinski definition) is 3. The lowest BCUT2D eigenvalue weighted by molar-refractivity contribution is 0.102. The van der Waals surface area contributed by atoms with Crippen molar-refractivity contribution in [2.24, 2.45) is 0 Å². The van der Waals surface area contributed by atoms with Gasteiger partial charge in [-0.1, -0.05) is 12.1 Å². The van der Waals surface area contributed by atoms with Gasteiger partial charge in [-0.05, 0) is 35.9 Å². The Morgan fingerprint density at radius 2 is 2.00 bits per heavy atom. The molecule has 0 aliphatic carbocycles. The van der Waals surface area contributed by atoms with Gasteiger partial charge in [0.25, 0.3) is 5.91 Å². The molecule has 4 nitrogen and oxygen atoms in total. The number of nitrogens with one attached hydrogen (secondary N) is 1. The first-order chi connectivity index (χ1) is 9.76. The molecule has 0 saturated carbocycles. The number of fused-ring (bicyclic) bond motifs is 1. The molecule has 3 rings (SSSR count). The zero-order valence-corrected chi connectivity index (χ0v) is 11.3. The quantitative estimate of drug-likeness (QED) is 0.881. The number of alkyl halides is 1. The molecular weight excluding hydrogens is 278 g/mol. The summed E-state index contributed by atoms with van der Waals surface area (Å²) in [5.74, 6) is 1.46. The van der Waals surface area contributed by atoms with Crippen molar-refractivity contribution in [3.8, 4) is 11.5 Å². The van der Waals surface area contributed by atoms with Crippen LogP contribution in [0.25, 0.3) is 0 Å². The summed E-state index contributed by atoms with van der Waals surface area (Å²) in [6, 6.07) is 12.5. The molecule has 2 aromatic carbocycles. The number of carbonyl (C=O) groups is 1. The summed E-state index contributed by atoms with van der Waals surface area (Å²) < 4.78 is 10.5. The monoisotopic (exact) mass is 289 g/mol. The third-order valence-electron chi connectivity index (χ3n) is 2.97. The number of hydrogen-bond donors (Lipinski definition) is 1. The van der Waals surface area contributed by atoms with Crippen LogP contribution in [0, 0.1) is 0 Å². The number of ether oxygens (including phenoxy) is 2. The number of halogens is 1. The van der Waals surface area contributed by atoms with E-state index in [9.17, 15) is 4.79 Å². The largest absolute Gasteiger partial charge is 0.454 e. The van der Waals surface area contributed by atoms with Gasteiger partial charge in [0.2, 0.25) is 6.79 Å². The lowest BCUT2D eigenvalue weighted by atomic mass is 10.1. The number of rotatable bonds is 3. The fourth-order valence-corrected chi connectivity index (χ4v) is 2.14. The van der Waals surface area contributed by atoms with Crippen LogP contribution in [0.15, 0.2) is 42.5 Å². The second-order valence-corrected chi connectivity index (χ2v) is 4.62. The fraction of sp³-hybridized carbons (Fsp3) is 0.133. The summed E-state index contributed by atoms with van der Waals surface area (Å²) in [7, 11) is 0. The van der Waals surface area contributed by atoms with Crippen LogP contribution in [0.5, 0.6) is 11.5 Å². The van der Waals surface area contributed by atoms with Crippen LogP contribution in [0.3, 0.4) is 0 Å². The van der Waals surface area contributed by atoms with Crippen LogP contribution in [0.1, 0.15) is 15.9 Å². The van der Waals surface area contributed by atoms with Crippen LogP contribution < -0.4 is 14.8 Å². The van der Waals surface area contributed by atoms with Gasteiger partial charge in [-0.2, -0.15) is 0 Å². The number of anilines is 1. The Hall–Kier alpha value is -2.20. The Labute approximate surface area is 121 Å². The molecule has 102 valence electrons. The van der Waals surface area contributed by atoms with Crippen molar-refractivity contribution in [2.45, 2.75) is 5.88 Å². The van der Waals surface area contributed by atoms with E-state index in [1.807, 2.05) is 24.3 Å². The molecule has 0 unspecified atom stereocenters. The molecule has 20 heavy (non-hydrogen) atoms. The standard InChI is InChI=1S/C15H12ClNO3/c16-8-10-2-1-3-12(6-10)17-15(18)11-4-5-13-14(7-11)20-9-19-13/h1-7H,8-9H2,(H,17,18). The minimum atomic E-state index is -0.199. The maximum absolute atomic E-state index is 12.2. The summed E-state index contributed by atoms with van der Waals surface area (Å²) in [6.45, 7) is 0.193. The predicted octanol–water partition coefficient (Wildman–Crippen LogP) is 3.41. The van der Waals surface area contributed by atoms with Gasteiger partial charge in [0.1, 0.15) is 0 Å². The van der Waals surface area contributed by atoms with Crippen molar-refractivity contribution in [1.29, 1.82) is 0 Å². The highest BCUT2D eigenvalue weighted by Gasteiger charge is 2.16. The average Bonchev–Trinajstić information content (AvgIpc) is 2.94. The molecule has 0 saturated heterocycles. The van der Waals surface area contributed by atoms with E-state index in [-0.39, 0.29) is 12.7 Å². The molecule has 1 heterocycles. The van der Waals surface area contributed by atoms with Gasteiger partial charge in [0.05, 0.1) is 0 Å². The Morgan fingerprint density at radius 1 is 1.15 bits per heavy atom. The SMILES string of the molecule is O=C(Nc1cccc(CCl)c1)c1ccc2c(c1)OCO2. The van der Waals surface area contributed by atoms with E-state index in [4.69, 9.17) is 21.1 Å². The van der Waals surface area contributed by atoms with Crippen molar-refractivity contribution in [1.82, 2.24) is 0 Å². The first-order valence-electron chi connectivity index (χ1n) is 6.12. The molecule has 1 aliphatic rings. The van der Waals surface area contributed by atoms with Crippen molar-refractivity contribution in [3.63, 3.8) is 0 Å². The van der Waals surface area contributed by atoms with E-state index in [2.05, 4.69) is 5.32 Å². The van der Waals surface area contributed by atoms with Gasteiger partial charge in [0, 0.05) is 17.1 Å². The third kappa shape index (κ3) is 2.56. The topological polar surface area (TPSA) is 47.6 Å². The fourth-order valence-electron chi connectivity index (χ4n) is 1.97. The lowest BCUT2D eigenvalue weighted by Crippen LogP contribution is -2.11. The van der Waals surface area contributed by atoms with E-state index in [0.29, 0.717) is 28.6 Å². The Morgan fingerprint density at radius 3 is 2.85 bits per heavy atom. The first kappa shape index (κ1) is 12.8. The molecule has 0 spiro atoms. The average molecular weight is 290 g/mol. The molecule has 1 aliphatic heterocycles. The van der Waals surface area contributed by atoms with Gasteiger partial charge >= 0.3 is 0 Å². The summed E-state index contributed by atoms with van der Waals surface area (Å²) in [5, 5.41) is 2.83. The maximum Gasteiger partial charge on any atom is 0.255 e. The van der Waals surface area contributed by atoms with Crippen molar-refractivity contribution < 1.29 is 14.3 Å². The van der Waals surface area contributed by atoms with Gasteiger partial charge in [-0.3, -0.25) is 4.79 Å². The van der Waals surface area contributed by atoms with Gasteiger partial charge in [-0.25, -0.2) is 0 Å². The van der Waals surface area contributed by atoms with Crippen LogP contribution in [-0.2, 0) is 5.88 Å². The molecule has 1 amide bonds. The van der Waals surface area contributed by atoms with Crippen LogP contribution in [-0.4, -0.2) is 12.7 Å². The molecule has 0 aromatic heterocycles. The first-order valence-corrected chi connectivity index (χ1v) is 6.65. The van der Waals surface area contributed by atoms with E-state index in [1.165, 1.54) is 0 Å². The van der Waals surface area contributed by atoms with Crippen molar-refractivity contribution >= 4 is 23.2 Å². The highest BCUT2D eigenvalue weighted by molar-refractivity contribution is 6.17. The summed E-state index contributed by atoms with van der Waals surface area (Å²) in [4.78, 5) is 12.2. The minimum absolute atomic E-state index is 0.193. The second-order valence-electron chi connectivity index (χ2n) is 4.36. The summed E-state index contributed by atoms with van der Waals surface area (Å²) >= 11 is 5.77. The maximum atomic E-state index is 12.2. The third-order valence-corrected chi connectivity index (χ3v) is 3.28. The smallest absolute Gasteiger partial charge is 0.255 e. The molecule has 5 heteroatoms. The Balaban J connectivity index is 1.79. The normalized spacial score (nSPS) is 12.2. The highest BCUT2D eigenvalue weighted by Crippen LogP contribution is 2.32. The molecule has 2 aromatic rings. The van der Waals surface area contributed by atoms with Gasteiger partial charge in [-0.15, -0.1) is 11.6 Å². The van der Waals surface area contributed by atoms with Gasteiger partial charge < -0.3 is 14.8 Å². The number of benzene rings is 2. The van der Waals surface area contributed by atoms with E-state index >= 15 is 0 Å². The molecule has 1 N–H and O–H groups in total. The molecule has 0 atom stereocenters. The number of carbonyl (C=O) groups excluding carboxylic acids is 1. The second kappa shape index (κ2) is 5.43. The van der Waals surface area contributed by atoms with Crippen LogP contribution >= 0.6 is 11.6 Å². The Bertz CT molecular complexity index is 657. The van der Waals surface area contributed by atoms with Crippen molar-refractivity contribution in [3.05, 3.63) is 53.6 Å². The molecule has 0 fully saturated rings. The van der Waals surface area contributed by atoms with Crippen LogP contribution in [0.4, 0.5) is 5.69 Å². The molecule has 0 radical (unpaired) electrons. The molecular formula is C15H12ClNO3. The Kier molecular flexibility index (Phi) is 3.48. The summed E-state index contributed by atoms with van der Waals surface area (Å²) in [6.07, 6.45) is 0. The minimum Gasteiger partial charge on any atom is -0.454 e. The zero-order chi connectivity index (χ0) is 13.9. The number of amides is 1. The van der Waals surface area contributed by atoms with Crippen molar-refractivity contribution in [2.75, 3.05) is 12.1 Å². The zero-order valence-electron chi connectivity index (χ0n) is 10.6. The molecule has 0 bridgehead atoms.